The van der Waals surface area contributed by atoms with Crippen LogP contribution >= 0.6 is 11.6 Å². The first-order chi connectivity index (χ1) is 11.3. The average Bonchev–Trinajstić information content (AvgIpc) is 2.52. The first kappa shape index (κ1) is 20.4. The van der Waals surface area contributed by atoms with E-state index in [0.717, 1.165) is 12.0 Å². The van der Waals surface area contributed by atoms with Crippen molar-refractivity contribution in [2.24, 2.45) is 5.92 Å². The zero-order valence-corrected chi connectivity index (χ0v) is 16.1. The topological polar surface area (TPSA) is 38.8 Å². The first-order valence-corrected chi connectivity index (χ1v) is 8.61. The van der Waals surface area contributed by atoms with Crippen molar-refractivity contribution < 1.29 is 14.3 Å². The highest BCUT2D eigenvalue weighted by molar-refractivity contribution is 6.32. The van der Waals surface area contributed by atoms with Crippen LogP contribution in [0.4, 0.5) is 0 Å². The second-order valence-corrected chi connectivity index (χ2v) is 6.70. The van der Waals surface area contributed by atoms with Gasteiger partial charge in [-0.05, 0) is 38.3 Å². The molecule has 0 heterocycles. The van der Waals surface area contributed by atoms with Gasteiger partial charge in [-0.1, -0.05) is 37.6 Å². The molecule has 5 heteroatoms. The molecule has 1 rings (SSSR count). The van der Waals surface area contributed by atoms with E-state index in [-0.39, 0.29) is 5.91 Å². The summed E-state index contributed by atoms with van der Waals surface area (Å²) in [6.07, 6.45) is 0.919. The Balaban J connectivity index is 3.04. The summed E-state index contributed by atoms with van der Waals surface area (Å²) in [6.45, 7) is 13.6. The Hall–Kier alpha value is -1.68. The minimum absolute atomic E-state index is 0.102. The summed E-state index contributed by atoms with van der Waals surface area (Å²) in [7, 11) is 1.54. The number of carbonyl (C=O) groups excluding carboxylic acids is 1. The van der Waals surface area contributed by atoms with Crippen LogP contribution in [0.15, 0.2) is 24.3 Å². The Kier molecular flexibility index (Phi) is 8.13. The van der Waals surface area contributed by atoms with E-state index in [1.165, 1.54) is 0 Å². The molecule has 0 saturated heterocycles. The third-order valence-corrected chi connectivity index (χ3v) is 3.83. The summed E-state index contributed by atoms with van der Waals surface area (Å²) in [6, 6.07) is 3.32. The molecule has 0 saturated carbocycles. The van der Waals surface area contributed by atoms with Crippen molar-refractivity contribution in [1.29, 1.82) is 0 Å². The Morgan fingerprint density at radius 2 is 2.04 bits per heavy atom. The summed E-state index contributed by atoms with van der Waals surface area (Å²) in [4.78, 5) is 14.4. The van der Waals surface area contributed by atoms with Crippen molar-refractivity contribution in [3.8, 4) is 11.5 Å². The van der Waals surface area contributed by atoms with Crippen LogP contribution in [0.2, 0.25) is 5.02 Å². The van der Waals surface area contributed by atoms with Gasteiger partial charge in [0.15, 0.2) is 11.5 Å². The lowest BCUT2D eigenvalue weighted by Crippen LogP contribution is -2.32. The first-order valence-electron chi connectivity index (χ1n) is 8.24. The molecule has 0 aliphatic rings. The second-order valence-electron chi connectivity index (χ2n) is 6.30. The predicted octanol–water partition coefficient (Wildman–Crippen LogP) is 4.81. The van der Waals surface area contributed by atoms with Gasteiger partial charge in [-0.2, -0.15) is 0 Å². The molecule has 4 nitrogen and oxygen atoms in total. The molecule has 0 spiro atoms. The molecule has 1 aromatic carbocycles. The van der Waals surface area contributed by atoms with Gasteiger partial charge < -0.3 is 14.4 Å². The van der Waals surface area contributed by atoms with Gasteiger partial charge in [0.1, 0.15) is 0 Å². The van der Waals surface area contributed by atoms with E-state index >= 15 is 0 Å². The van der Waals surface area contributed by atoms with Crippen molar-refractivity contribution in [2.45, 2.75) is 34.1 Å². The highest BCUT2D eigenvalue weighted by Gasteiger charge is 2.19. The van der Waals surface area contributed by atoms with Crippen molar-refractivity contribution in [2.75, 3.05) is 26.8 Å². The van der Waals surface area contributed by atoms with Crippen molar-refractivity contribution in [3.05, 3.63) is 34.9 Å². The molecule has 0 aliphatic heterocycles. The Morgan fingerprint density at radius 3 is 2.54 bits per heavy atom. The quantitative estimate of drug-likeness (QED) is 0.598. The third kappa shape index (κ3) is 5.75. The summed E-state index contributed by atoms with van der Waals surface area (Å²) in [5.74, 6) is 1.39. The maximum atomic E-state index is 12.7. The molecule has 0 atom stereocenters. The highest BCUT2D eigenvalue weighted by atomic mass is 35.5. The lowest BCUT2D eigenvalue weighted by molar-refractivity contribution is 0.0778. The molecular formula is C19H28ClNO3. The number of rotatable bonds is 9. The number of benzene rings is 1. The molecule has 0 unspecified atom stereocenters. The number of halogens is 1. The summed E-state index contributed by atoms with van der Waals surface area (Å²) >= 11 is 6.33. The normalized spacial score (nSPS) is 10.6. The molecule has 0 radical (unpaired) electrons. The third-order valence-electron chi connectivity index (χ3n) is 3.55. The van der Waals surface area contributed by atoms with Crippen molar-refractivity contribution >= 4 is 17.5 Å². The maximum Gasteiger partial charge on any atom is 0.254 e. The molecular weight excluding hydrogens is 326 g/mol. The Morgan fingerprint density at radius 1 is 1.38 bits per heavy atom. The van der Waals surface area contributed by atoms with Gasteiger partial charge in [0.2, 0.25) is 0 Å². The summed E-state index contributed by atoms with van der Waals surface area (Å²) < 4.78 is 11.1. The minimum Gasteiger partial charge on any atom is -0.493 e. The van der Waals surface area contributed by atoms with Crippen LogP contribution in [0, 0.1) is 5.92 Å². The molecule has 0 aliphatic carbocycles. The molecule has 24 heavy (non-hydrogen) atoms. The zero-order valence-electron chi connectivity index (χ0n) is 15.3. The number of ether oxygens (including phenoxy) is 2. The van der Waals surface area contributed by atoms with Crippen LogP contribution in [-0.4, -0.2) is 37.6 Å². The van der Waals surface area contributed by atoms with Crippen LogP contribution in [0.3, 0.4) is 0 Å². The average molecular weight is 354 g/mol. The van der Waals surface area contributed by atoms with E-state index in [2.05, 4.69) is 20.4 Å². The van der Waals surface area contributed by atoms with Crippen LogP contribution in [0.5, 0.6) is 11.5 Å². The fourth-order valence-electron chi connectivity index (χ4n) is 2.22. The Labute approximate surface area is 150 Å². The van der Waals surface area contributed by atoms with E-state index in [0.29, 0.717) is 47.7 Å². The van der Waals surface area contributed by atoms with Gasteiger partial charge in [0, 0.05) is 18.7 Å². The molecule has 134 valence electrons. The highest BCUT2D eigenvalue weighted by Crippen LogP contribution is 2.37. The number of methoxy groups -OCH3 is 1. The molecule has 0 fully saturated rings. The zero-order chi connectivity index (χ0) is 18.3. The van der Waals surface area contributed by atoms with Gasteiger partial charge >= 0.3 is 0 Å². The molecule has 1 amide bonds. The lowest BCUT2D eigenvalue weighted by atomic mass is 10.1. The Bertz CT molecular complexity index is 584. The molecule has 0 N–H and O–H groups in total. The number of hydrogen-bond acceptors (Lipinski definition) is 3. The van der Waals surface area contributed by atoms with E-state index < -0.39 is 0 Å². The maximum absolute atomic E-state index is 12.7. The van der Waals surface area contributed by atoms with Gasteiger partial charge in [-0.25, -0.2) is 0 Å². The molecule has 0 bridgehead atoms. The smallest absolute Gasteiger partial charge is 0.254 e. The van der Waals surface area contributed by atoms with Crippen molar-refractivity contribution in [1.82, 2.24) is 4.90 Å². The second kappa shape index (κ2) is 9.58. The molecule has 1 aromatic rings. The predicted molar refractivity (Wildman–Crippen MR) is 99.3 cm³/mol. The number of carbonyl (C=O) groups is 1. The number of nitrogens with zero attached hydrogens (tertiary/aromatic N) is 1. The summed E-state index contributed by atoms with van der Waals surface area (Å²) in [5, 5.41) is 0.382. The van der Waals surface area contributed by atoms with E-state index in [1.807, 2.05) is 13.8 Å². The molecule has 0 aromatic heterocycles. The monoisotopic (exact) mass is 353 g/mol. The van der Waals surface area contributed by atoms with Crippen molar-refractivity contribution in [3.63, 3.8) is 0 Å². The van der Waals surface area contributed by atoms with Crippen LogP contribution in [0.25, 0.3) is 0 Å². The number of amides is 1. The van der Waals surface area contributed by atoms with E-state index in [4.69, 9.17) is 21.1 Å². The SMILES string of the molecule is C=C(C)CN(CC)C(=O)c1cc(Cl)c(OCCC(C)C)c(OC)c1. The number of likely N-dealkylation sites (N-methyl/N-ethyl adjacent to an activating group) is 1. The van der Waals surface area contributed by atoms with Crippen LogP contribution in [-0.2, 0) is 0 Å². The largest absolute Gasteiger partial charge is 0.493 e. The fourth-order valence-corrected chi connectivity index (χ4v) is 2.48. The number of hydrogen-bond donors (Lipinski definition) is 0. The van der Waals surface area contributed by atoms with Gasteiger partial charge in [-0.15, -0.1) is 0 Å². The minimum atomic E-state index is -0.102. The van der Waals surface area contributed by atoms with Gasteiger partial charge in [0.25, 0.3) is 5.91 Å². The van der Waals surface area contributed by atoms with Gasteiger partial charge in [0.05, 0.1) is 18.7 Å². The van der Waals surface area contributed by atoms with E-state index in [9.17, 15) is 4.79 Å². The standard InChI is InChI=1S/C19H28ClNO3/c1-7-21(12-14(4)5)19(22)15-10-16(20)18(17(11-15)23-6)24-9-8-13(2)3/h10-11,13H,4,7-9,12H2,1-3,5-6H3. The summed E-state index contributed by atoms with van der Waals surface area (Å²) in [5.41, 5.74) is 1.41. The van der Waals surface area contributed by atoms with Crippen LogP contribution < -0.4 is 9.47 Å². The van der Waals surface area contributed by atoms with E-state index in [1.54, 1.807) is 24.1 Å². The fraction of sp³-hybridized carbons (Fsp3) is 0.526. The van der Waals surface area contributed by atoms with Gasteiger partial charge in [-0.3, -0.25) is 4.79 Å². The lowest BCUT2D eigenvalue weighted by Gasteiger charge is -2.22. The van der Waals surface area contributed by atoms with Crippen LogP contribution in [0.1, 0.15) is 44.5 Å².